The minimum absolute atomic E-state index is 0.381. The zero-order chi connectivity index (χ0) is 11.0. The standard InChI is InChI=1S/C9H10N4OS/c1-4-2-3-5-6(10)7(8(14)13-11)15-9(5)12-4/h2-3H,10-11H2,1H3,(H,13,14). The van der Waals surface area contributed by atoms with Crippen molar-refractivity contribution in [3.05, 3.63) is 22.7 Å². The third-order valence-electron chi connectivity index (χ3n) is 2.07. The molecule has 0 aliphatic rings. The predicted molar refractivity (Wildman–Crippen MR) is 60.4 cm³/mol. The maximum atomic E-state index is 11.4. The fourth-order valence-corrected chi connectivity index (χ4v) is 2.37. The summed E-state index contributed by atoms with van der Waals surface area (Å²) in [5, 5.41) is 0.796. The predicted octanol–water partition coefficient (Wildman–Crippen LogP) is 0.790. The Labute approximate surface area is 90.1 Å². The number of carbonyl (C=O) groups is 1. The molecule has 2 aromatic heterocycles. The van der Waals surface area contributed by atoms with Gasteiger partial charge in [0.25, 0.3) is 5.91 Å². The van der Waals surface area contributed by atoms with Crippen molar-refractivity contribution in [2.75, 3.05) is 5.73 Å². The lowest BCUT2D eigenvalue weighted by Gasteiger charge is -1.96. The van der Waals surface area contributed by atoms with E-state index in [4.69, 9.17) is 11.6 Å². The van der Waals surface area contributed by atoms with Crippen molar-refractivity contribution < 1.29 is 4.79 Å². The Bertz CT molecular complexity index is 534. The smallest absolute Gasteiger partial charge is 0.277 e. The summed E-state index contributed by atoms with van der Waals surface area (Å²) in [6.45, 7) is 1.89. The van der Waals surface area contributed by atoms with Crippen molar-refractivity contribution >= 4 is 33.1 Å². The first kappa shape index (κ1) is 9.88. The lowest BCUT2D eigenvalue weighted by molar-refractivity contribution is 0.0958. The highest BCUT2D eigenvalue weighted by Gasteiger charge is 2.15. The van der Waals surface area contributed by atoms with Gasteiger partial charge in [0.15, 0.2) is 0 Å². The van der Waals surface area contributed by atoms with Gasteiger partial charge in [0, 0.05) is 11.1 Å². The number of nitrogens with zero attached hydrogens (tertiary/aromatic N) is 1. The molecular weight excluding hydrogens is 212 g/mol. The molecule has 5 N–H and O–H groups in total. The summed E-state index contributed by atoms with van der Waals surface area (Å²) < 4.78 is 0. The van der Waals surface area contributed by atoms with Crippen LogP contribution >= 0.6 is 11.3 Å². The summed E-state index contributed by atoms with van der Waals surface area (Å²) in [4.78, 5) is 16.8. The van der Waals surface area contributed by atoms with Crippen LogP contribution in [0.4, 0.5) is 5.69 Å². The first-order valence-electron chi connectivity index (χ1n) is 4.30. The SMILES string of the molecule is Cc1ccc2c(N)c(C(=O)NN)sc2n1. The van der Waals surface area contributed by atoms with Crippen LogP contribution in [0.25, 0.3) is 10.2 Å². The third kappa shape index (κ3) is 1.53. The van der Waals surface area contributed by atoms with Gasteiger partial charge in [0.05, 0.1) is 5.69 Å². The van der Waals surface area contributed by atoms with E-state index in [1.165, 1.54) is 11.3 Å². The molecule has 0 bridgehead atoms. The van der Waals surface area contributed by atoms with Gasteiger partial charge < -0.3 is 5.73 Å². The van der Waals surface area contributed by atoms with Gasteiger partial charge in [-0.2, -0.15) is 0 Å². The summed E-state index contributed by atoms with van der Waals surface area (Å²) in [6, 6.07) is 3.71. The Morgan fingerprint density at radius 1 is 1.53 bits per heavy atom. The molecule has 6 heteroatoms. The zero-order valence-electron chi connectivity index (χ0n) is 8.07. The van der Waals surface area contributed by atoms with Crippen molar-refractivity contribution in [3.63, 3.8) is 0 Å². The minimum atomic E-state index is -0.381. The van der Waals surface area contributed by atoms with Gasteiger partial charge in [-0.15, -0.1) is 11.3 Å². The second kappa shape index (κ2) is 3.48. The number of nitrogens with two attached hydrogens (primary N) is 2. The average Bonchev–Trinajstić information content (AvgIpc) is 2.54. The molecule has 0 saturated carbocycles. The number of rotatable bonds is 1. The van der Waals surface area contributed by atoms with Crippen LogP contribution in [0, 0.1) is 6.92 Å². The number of pyridine rings is 1. The van der Waals surface area contributed by atoms with Crippen LogP contribution < -0.4 is 17.0 Å². The summed E-state index contributed by atoms with van der Waals surface area (Å²) in [6.07, 6.45) is 0. The number of hydrogen-bond acceptors (Lipinski definition) is 5. The number of carbonyl (C=O) groups excluding carboxylic acids is 1. The average molecular weight is 222 g/mol. The fourth-order valence-electron chi connectivity index (χ4n) is 1.32. The molecule has 0 atom stereocenters. The van der Waals surface area contributed by atoms with E-state index in [-0.39, 0.29) is 5.91 Å². The van der Waals surface area contributed by atoms with E-state index in [2.05, 4.69) is 10.4 Å². The first-order chi connectivity index (χ1) is 7.13. The lowest BCUT2D eigenvalue weighted by atomic mass is 10.2. The molecule has 0 radical (unpaired) electrons. The molecule has 0 spiro atoms. The van der Waals surface area contributed by atoms with E-state index in [9.17, 15) is 4.79 Å². The second-order valence-electron chi connectivity index (χ2n) is 3.12. The minimum Gasteiger partial charge on any atom is -0.397 e. The van der Waals surface area contributed by atoms with Crippen molar-refractivity contribution in [1.82, 2.24) is 10.4 Å². The van der Waals surface area contributed by atoms with Crippen molar-refractivity contribution in [2.24, 2.45) is 5.84 Å². The van der Waals surface area contributed by atoms with Gasteiger partial charge in [-0.05, 0) is 19.1 Å². The normalized spacial score (nSPS) is 10.5. The number of hydrogen-bond donors (Lipinski definition) is 3. The summed E-state index contributed by atoms with van der Waals surface area (Å²) in [5.74, 6) is 4.67. The summed E-state index contributed by atoms with van der Waals surface area (Å²) in [5.41, 5.74) is 9.21. The maximum Gasteiger partial charge on any atom is 0.277 e. The summed E-state index contributed by atoms with van der Waals surface area (Å²) in [7, 11) is 0. The quantitative estimate of drug-likeness (QED) is 0.378. The van der Waals surface area contributed by atoms with Gasteiger partial charge in [-0.25, -0.2) is 10.8 Å². The number of amides is 1. The highest BCUT2D eigenvalue weighted by Crippen LogP contribution is 2.32. The molecule has 0 aliphatic heterocycles. The summed E-state index contributed by atoms with van der Waals surface area (Å²) >= 11 is 1.24. The molecule has 5 nitrogen and oxygen atoms in total. The van der Waals surface area contributed by atoms with Gasteiger partial charge in [0.2, 0.25) is 0 Å². The van der Waals surface area contributed by atoms with Gasteiger partial charge in [-0.3, -0.25) is 10.2 Å². The largest absolute Gasteiger partial charge is 0.397 e. The van der Waals surface area contributed by atoms with Crippen LogP contribution in [0.15, 0.2) is 12.1 Å². The van der Waals surface area contributed by atoms with Gasteiger partial charge in [0.1, 0.15) is 9.71 Å². The number of aromatic nitrogens is 1. The van der Waals surface area contributed by atoms with E-state index in [1.54, 1.807) is 0 Å². The Kier molecular flexibility index (Phi) is 2.29. The van der Waals surface area contributed by atoms with Crippen LogP contribution in [0.2, 0.25) is 0 Å². The monoisotopic (exact) mass is 222 g/mol. The highest BCUT2D eigenvalue weighted by molar-refractivity contribution is 7.21. The van der Waals surface area contributed by atoms with Crippen LogP contribution in [0.5, 0.6) is 0 Å². The molecule has 0 unspecified atom stereocenters. The Hall–Kier alpha value is -1.66. The number of nitrogen functional groups attached to an aromatic ring is 2. The molecule has 2 rings (SSSR count). The van der Waals surface area contributed by atoms with Crippen LogP contribution in [0.3, 0.4) is 0 Å². The number of anilines is 1. The maximum absolute atomic E-state index is 11.4. The van der Waals surface area contributed by atoms with E-state index in [0.717, 1.165) is 15.9 Å². The third-order valence-corrected chi connectivity index (χ3v) is 3.18. The van der Waals surface area contributed by atoms with Crippen molar-refractivity contribution in [2.45, 2.75) is 6.92 Å². The van der Waals surface area contributed by atoms with Gasteiger partial charge >= 0.3 is 0 Å². The number of aryl methyl sites for hydroxylation is 1. The first-order valence-corrected chi connectivity index (χ1v) is 5.11. The van der Waals surface area contributed by atoms with E-state index < -0.39 is 0 Å². The van der Waals surface area contributed by atoms with E-state index in [0.29, 0.717) is 10.6 Å². The Balaban J connectivity index is 2.69. The molecule has 1 amide bonds. The highest BCUT2D eigenvalue weighted by atomic mass is 32.1. The fraction of sp³-hybridized carbons (Fsp3) is 0.111. The van der Waals surface area contributed by atoms with E-state index in [1.807, 2.05) is 19.1 Å². The van der Waals surface area contributed by atoms with Crippen molar-refractivity contribution in [3.8, 4) is 0 Å². The molecule has 78 valence electrons. The molecule has 0 aromatic carbocycles. The molecule has 0 fully saturated rings. The van der Waals surface area contributed by atoms with Crippen molar-refractivity contribution in [1.29, 1.82) is 0 Å². The number of fused-ring (bicyclic) bond motifs is 1. The van der Waals surface area contributed by atoms with Crippen LogP contribution in [-0.2, 0) is 0 Å². The molecule has 2 aromatic rings. The number of hydrazine groups is 1. The van der Waals surface area contributed by atoms with Crippen LogP contribution in [-0.4, -0.2) is 10.9 Å². The van der Waals surface area contributed by atoms with Crippen LogP contribution in [0.1, 0.15) is 15.4 Å². The Morgan fingerprint density at radius 3 is 2.93 bits per heavy atom. The lowest BCUT2D eigenvalue weighted by Crippen LogP contribution is -2.29. The number of thiophene rings is 1. The topological polar surface area (TPSA) is 94.0 Å². The van der Waals surface area contributed by atoms with E-state index >= 15 is 0 Å². The number of nitrogens with one attached hydrogen (secondary N) is 1. The molecule has 15 heavy (non-hydrogen) atoms. The van der Waals surface area contributed by atoms with Gasteiger partial charge in [-0.1, -0.05) is 0 Å². The molecule has 0 saturated heterocycles. The molecular formula is C9H10N4OS. The Morgan fingerprint density at radius 2 is 2.27 bits per heavy atom. The molecule has 2 heterocycles. The second-order valence-corrected chi connectivity index (χ2v) is 4.12. The zero-order valence-corrected chi connectivity index (χ0v) is 8.89. The molecule has 0 aliphatic carbocycles.